The molecule has 6 nitrogen and oxygen atoms in total. The van der Waals surface area contributed by atoms with Crippen LogP contribution in [0.2, 0.25) is 0 Å². The Morgan fingerprint density at radius 3 is 2.93 bits per heavy atom. The first kappa shape index (κ1) is 19.1. The highest BCUT2D eigenvalue weighted by atomic mass is 32.1. The third-order valence-corrected chi connectivity index (χ3v) is 6.63. The number of thiazole rings is 1. The number of benzene rings is 1. The third-order valence-electron chi connectivity index (χ3n) is 5.80. The molecule has 7 heteroatoms. The highest BCUT2D eigenvalue weighted by molar-refractivity contribution is 7.09. The highest BCUT2D eigenvalue weighted by Gasteiger charge is 2.58. The van der Waals surface area contributed by atoms with Crippen LogP contribution in [0.1, 0.15) is 47.2 Å². The summed E-state index contributed by atoms with van der Waals surface area (Å²) >= 11 is 1.51. The molecule has 3 heterocycles. The number of rotatable bonds is 5. The van der Waals surface area contributed by atoms with Crippen LogP contribution in [-0.2, 0) is 16.8 Å². The molecule has 2 aromatic rings. The first-order valence-corrected chi connectivity index (χ1v) is 10.7. The molecular formula is C21H26N4O2S. The van der Waals surface area contributed by atoms with Crippen LogP contribution < -0.4 is 5.32 Å². The standard InChI is InChI=1S/C21H26N4O2S/c1-4-7-17-21(14-8-5-6-9-15(14)23-20(21)27)10-11-25(17)19(26)16-13-28-18(22-16)12-24(2)3/h5-6,8-9,13,17H,4,7,10-12H2,1-3H3,(H,23,27)/t17-,21-/m0/s1. The molecule has 1 saturated heterocycles. The minimum absolute atomic E-state index is 0.0222. The van der Waals surface area contributed by atoms with Crippen molar-refractivity contribution in [2.75, 3.05) is 26.0 Å². The van der Waals surface area contributed by atoms with Crippen LogP contribution >= 0.6 is 11.3 Å². The van der Waals surface area contributed by atoms with Gasteiger partial charge >= 0.3 is 0 Å². The van der Waals surface area contributed by atoms with Gasteiger partial charge in [0, 0.05) is 24.2 Å². The molecule has 0 unspecified atom stereocenters. The first-order chi connectivity index (χ1) is 13.5. The van der Waals surface area contributed by atoms with Crippen molar-refractivity contribution in [1.29, 1.82) is 0 Å². The van der Waals surface area contributed by atoms with E-state index in [-0.39, 0.29) is 17.9 Å². The summed E-state index contributed by atoms with van der Waals surface area (Å²) in [4.78, 5) is 34.9. The maximum atomic E-state index is 13.3. The number of aromatic nitrogens is 1. The fourth-order valence-corrected chi connectivity index (χ4v) is 5.50. The second kappa shape index (κ2) is 7.29. The summed E-state index contributed by atoms with van der Waals surface area (Å²) < 4.78 is 0. The van der Waals surface area contributed by atoms with Crippen molar-refractivity contribution in [3.8, 4) is 0 Å². The number of carbonyl (C=O) groups excluding carboxylic acids is 2. The Balaban J connectivity index is 1.67. The number of anilines is 1. The predicted molar refractivity (Wildman–Crippen MR) is 111 cm³/mol. The van der Waals surface area contributed by atoms with Gasteiger partial charge in [-0.15, -0.1) is 11.3 Å². The molecule has 1 aromatic heterocycles. The van der Waals surface area contributed by atoms with E-state index in [1.54, 1.807) is 0 Å². The molecule has 4 rings (SSSR count). The Morgan fingerprint density at radius 1 is 1.39 bits per heavy atom. The van der Waals surface area contributed by atoms with E-state index in [0.717, 1.165) is 35.6 Å². The summed E-state index contributed by atoms with van der Waals surface area (Å²) in [6.45, 7) is 3.40. The number of hydrogen-bond donors (Lipinski definition) is 1. The van der Waals surface area contributed by atoms with Crippen molar-refractivity contribution in [2.45, 2.75) is 44.2 Å². The lowest BCUT2D eigenvalue weighted by Crippen LogP contribution is -2.48. The third kappa shape index (κ3) is 2.93. The number of amides is 2. The summed E-state index contributed by atoms with van der Waals surface area (Å²) in [5, 5.41) is 5.82. The summed E-state index contributed by atoms with van der Waals surface area (Å²) in [5.41, 5.74) is 1.75. The zero-order valence-corrected chi connectivity index (χ0v) is 17.4. The molecular weight excluding hydrogens is 372 g/mol. The zero-order chi connectivity index (χ0) is 19.9. The van der Waals surface area contributed by atoms with E-state index in [1.165, 1.54) is 11.3 Å². The van der Waals surface area contributed by atoms with E-state index in [0.29, 0.717) is 18.7 Å². The van der Waals surface area contributed by atoms with Crippen LogP contribution in [0.3, 0.4) is 0 Å². The van der Waals surface area contributed by atoms with Gasteiger partial charge in [0.05, 0.1) is 11.5 Å². The van der Waals surface area contributed by atoms with Gasteiger partial charge in [-0.3, -0.25) is 9.59 Å². The first-order valence-electron chi connectivity index (χ1n) is 9.78. The van der Waals surface area contributed by atoms with Crippen molar-refractivity contribution >= 4 is 28.8 Å². The maximum Gasteiger partial charge on any atom is 0.273 e. The van der Waals surface area contributed by atoms with Gasteiger partial charge in [0.1, 0.15) is 10.7 Å². The molecule has 2 aliphatic rings. The molecule has 1 N–H and O–H groups in total. The molecule has 2 amide bonds. The number of carbonyl (C=O) groups is 2. The normalized spacial score (nSPS) is 23.5. The van der Waals surface area contributed by atoms with Gasteiger partial charge in [0.15, 0.2) is 0 Å². The minimum Gasteiger partial charge on any atom is -0.333 e. The van der Waals surface area contributed by atoms with Crippen molar-refractivity contribution in [2.24, 2.45) is 0 Å². The molecule has 2 aliphatic heterocycles. The van der Waals surface area contributed by atoms with Crippen LogP contribution in [-0.4, -0.2) is 53.3 Å². The fraction of sp³-hybridized carbons (Fsp3) is 0.476. The van der Waals surface area contributed by atoms with Crippen LogP contribution in [0.5, 0.6) is 0 Å². The van der Waals surface area contributed by atoms with E-state index in [9.17, 15) is 9.59 Å². The van der Waals surface area contributed by atoms with Gasteiger partial charge in [0.2, 0.25) is 5.91 Å². The van der Waals surface area contributed by atoms with Crippen LogP contribution in [0, 0.1) is 0 Å². The van der Waals surface area contributed by atoms with Crippen molar-refractivity contribution in [3.05, 3.63) is 45.9 Å². The van der Waals surface area contributed by atoms with Crippen LogP contribution in [0.15, 0.2) is 29.6 Å². The molecule has 0 aliphatic carbocycles. The molecule has 0 radical (unpaired) electrons. The average molecular weight is 399 g/mol. The van der Waals surface area contributed by atoms with Crippen molar-refractivity contribution < 1.29 is 9.59 Å². The molecule has 0 bridgehead atoms. The summed E-state index contributed by atoms with van der Waals surface area (Å²) in [6, 6.07) is 7.74. The smallest absolute Gasteiger partial charge is 0.273 e. The van der Waals surface area contributed by atoms with E-state index in [4.69, 9.17) is 0 Å². The van der Waals surface area contributed by atoms with Gasteiger partial charge in [-0.25, -0.2) is 4.98 Å². The van der Waals surface area contributed by atoms with E-state index < -0.39 is 5.41 Å². The summed E-state index contributed by atoms with van der Waals surface area (Å²) in [7, 11) is 3.97. The van der Waals surface area contributed by atoms with Crippen molar-refractivity contribution in [3.63, 3.8) is 0 Å². The van der Waals surface area contributed by atoms with Crippen LogP contribution in [0.4, 0.5) is 5.69 Å². The predicted octanol–water partition coefficient (Wildman–Crippen LogP) is 3.11. The monoisotopic (exact) mass is 398 g/mol. The maximum absolute atomic E-state index is 13.3. The quantitative estimate of drug-likeness (QED) is 0.841. The second-order valence-electron chi connectivity index (χ2n) is 7.89. The molecule has 1 spiro atoms. The molecule has 28 heavy (non-hydrogen) atoms. The molecule has 148 valence electrons. The average Bonchev–Trinajstić information content (AvgIpc) is 3.34. The largest absolute Gasteiger partial charge is 0.333 e. The van der Waals surface area contributed by atoms with E-state index in [2.05, 4.69) is 17.2 Å². The number of fused-ring (bicyclic) bond motifs is 2. The molecule has 1 aromatic carbocycles. The van der Waals surface area contributed by atoms with Crippen molar-refractivity contribution in [1.82, 2.24) is 14.8 Å². The van der Waals surface area contributed by atoms with E-state index >= 15 is 0 Å². The summed E-state index contributed by atoms with van der Waals surface area (Å²) in [5.74, 6) is -0.0391. The number of nitrogens with one attached hydrogen (secondary N) is 1. The minimum atomic E-state index is -0.648. The lowest BCUT2D eigenvalue weighted by Gasteiger charge is -2.33. The number of nitrogens with zero attached hydrogens (tertiary/aromatic N) is 3. The van der Waals surface area contributed by atoms with E-state index in [1.807, 2.05) is 53.5 Å². The van der Waals surface area contributed by atoms with Crippen LogP contribution in [0.25, 0.3) is 0 Å². The Hall–Kier alpha value is -2.25. The molecule has 0 saturated carbocycles. The van der Waals surface area contributed by atoms with Gasteiger partial charge in [-0.2, -0.15) is 0 Å². The Morgan fingerprint density at radius 2 is 2.18 bits per heavy atom. The molecule has 1 fully saturated rings. The Labute approximate surface area is 169 Å². The summed E-state index contributed by atoms with van der Waals surface area (Å²) in [6.07, 6.45) is 2.36. The van der Waals surface area contributed by atoms with Gasteiger partial charge in [0.25, 0.3) is 5.91 Å². The Kier molecular flexibility index (Phi) is 4.97. The highest BCUT2D eigenvalue weighted by Crippen LogP contribution is 2.49. The zero-order valence-electron chi connectivity index (χ0n) is 16.6. The number of likely N-dealkylation sites (tertiary alicyclic amines) is 1. The lowest BCUT2D eigenvalue weighted by molar-refractivity contribution is -0.121. The topological polar surface area (TPSA) is 65.5 Å². The second-order valence-corrected chi connectivity index (χ2v) is 8.83. The molecule has 2 atom stereocenters. The van der Waals surface area contributed by atoms with Gasteiger partial charge in [-0.05, 0) is 38.6 Å². The number of hydrogen-bond acceptors (Lipinski definition) is 5. The SMILES string of the molecule is CCC[C@@H]1N(C(=O)c2csc(CN(C)C)n2)CC[C@@]12C(=O)Nc1ccccc12. The van der Waals surface area contributed by atoms with Gasteiger partial charge in [-0.1, -0.05) is 31.5 Å². The fourth-order valence-electron chi connectivity index (χ4n) is 4.62. The Bertz CT molecular complexity index is 909. The lowest BCUT2D eigenvalue weighted by atomic mass is 9.73. The number of para-hydroxylation sites is 1. The van der Waals surface area contributed by atoms with Gasteiger partial charge < -0.3 is 15.1 Å².